The van der Waals surface area contributed by atoms with E-state index < -0.39 is 11.9 Å². The van der Waals surface area contributed by atoms with Crippen LogP contribution in [0.4, 0.5) is 19.0 Å². The van der Waals surface area contributed by atoms with Crippen molar-refractivity contribution in [2.75, 3.05) is 25.5 Å². The highest BCUT2D eigenvalue weighted by Crippen LogP contribution is 2.29. The summed E-state index contributed by atoms with van der Waals surface area (Å²) in [5, 5.41) is 7.43. The number of aromatic nitrogens is 2. The smallest absolute Gasteiger partial charge is 0.362 e. The number of pyridine rings is 1. The lowest BCUT2D eigenvalue weighted by atomic mass is 10.2. The number of hydrogen-bond acceptors (Lipinski definition) is 5. The maximum atomic E-state index is 12.6. The molecule has 27 heavy (non-hydrogen) atoms. The normalized spacial score (nSPS) is 11.7. The highest BCUT2D eigenvalue weighted by molar-refractivity contribution is 14.0. The van der Waals surface area contributed by atoms with Crippen molar-refractivity contribution in [1.82, 2.24) is 20.6 Å². The molecule has 6 nitrogen and oxygen atoms in total. The van der Waals surface area contributed by atoms with Crippen molar-refractivity contribution in [3.63, 3.8) is 0 Å². The van der Waals surface area contributed by atoms with Crippen molar-refractivity contribution in [3.8, 4) is 0 Å². The topological polar surface area (TPSA) is 65.4 Å². The monoisotopic (exact) mass is 514 g/mol. The van der Waals surface area contributed by atoms with Crippen LogP contribution in [-0.2, 0) is 19.3 Å². The van der Waals surface area contributed by atoms with Crippen molar-refractivity contribution in [2.24, 2.45) is 4.99 Å². The van der Waals surface area contributed by atoms with Gasteiger partial charge in [-0.25, -0.2) is 15.0 Å². The standard InChI is InChI=1S/C16H21F3N6S.HI/c1-4-20-15(22-8-11-6-5-7-21-14(11)25(2)3)23-9-13-24-12(10-26-13)16(17,18)19;/h5-7,10H,4,8-9H2,1-3H3,(H2,20,22,23);1H. The molecule has 2 aromatic rings. The molecule has 0 unspecified atom stereocenters. The van der Waals surface area contributed by atoms with Crippen LogP contribution in [0.25, 0.3) is 0 Å². The second-order valence-corrected chi connectivity index (χ2v) is 6.50. The quantitative estimate of drug-likeness (QED) is 0.351. The third-order valence-electron chi connectivity index (χ3n) is 3.29. The summed E-state index contributed by atoms with van der Waals surface area (Å²) >= 11 is 0.964. The zero-order chi connectivity index (χ0) is 19.2. The van der Waals surface area contributed by atoms with Gasteiger partial charge in [-0.15, -0.1) is 35.3 Å². The number of guanidine groups is 1. The Bertz CT molecular complexity index is 748. The summed E-state index contributed by atoms with van der Waals surface area (Å²) in [6.45, 7) is 3.10. The van der Waals surface area contributed by atoms with Gasteiger partial charge in [-0.1, -0.05) is 6.07 Å². The van der Waals surface area contributed by atoms with E-state index in [9.17, 15) is 13.2 Å². The van der Waals surface area contributed by atoms with Gasteiger partial charge in [0.05, 0.1) is 13.1 Å². The predicted octanol–water partition coefficient (Wildman–Crippen LogP) is 3.50. The molecule has 2 heterocycles. The van der Waals surface area contributed by atoms with Crippen LogP contribution in [0.2, 0.25) is 0 Å². The zero-order valence-corrected chi connectivity index (χ0v) is 18.3. The van der Waals surface area contributed by atoms with Gasteiger partial charge < -0.3 is 15.5 Å². The van der Waals surface area contributed by atoms with Crippen LogP contribution in [-0.4, -0.2) is 36.6 Å². The van der Waals surface area contributed by atoms with E-state index in [0.29, 0.717) is 24.1 Å². The van der Waals surface area contributed by atoms with Gasteiger partial charge in [0.15, 0.2) is 11.7 Å². The van der Waals surface area contributed by atoms with Crippen LogP contribution >= 0.6 is 35.3 Å². The molecule has 2 N–H and O–H groups in total. The molecular formula is C16H22F3IN6S. The first-order valence-electron chi connectivity index (χ1n) is 7.96. The first-order valence-corrected chi connectivity index (χ1v) is 8.84. The number of rotatable bonds is 6. The van der Waals surface area contributed by atoms with Crippen LogP contribution in [0, 0.1) is 0 Å². The SMILES string of the molecule is CCNC(=NCc1cccnc1N(C)C)NCc1nc(C(F)(F)F)cs1.I. The Morgan fingerprint density at radius 2 is 2.04 bits per heavy atom. The molecule has 2 aromatic heterocycles. The molecule has 0 saturated heterocycles. The number of nitrogens with zero attached hydrogens (tertiary/aromatic N) is 4. The number of anilines is 1. The van der Waals surface area contributed by atoms with E-state index >= 15 is 0 Å². The first-order chi connectivity index (χ1) is 12.3. The van der Waals surface area contributed by atoms with Gasteiger partial charge in [0, 0.05) is 37.8 Å². The third kappa shape index (κ3) is 7.13. The Morgan fingerprint density at radius 3 is 2.63 bits per heavy atom. The minimum Gasteiger partial charge on any atom is -0.362 e. The Morgan fingerprint density at radius 1 is 1.30 bits per heavy atom. The van der Waals surface area contributed by atoms with Crippen molar-refractivity contribution >= 4 is 47.1 Å². The number of thiazole rings is 1. The van der Waals surface area contributed by atoms with Crippen molar-refractivity contribution in [1.29, 1.82) is 0 Å². The molecule has 11 heteroatoms. The average Bonchev–Trinajstić information content (AvgIpc) is 3.07. The fourth-order valence-electron chi connectivity index (χ4n) is 2.14. The molecule has 0 spiro atoms. The molecule has 0 aliphatic carbocycles. The van der Waals surface area contributed by atoms with E-state index in [1.165, 1.54) is 0 Å². The van der Waals surface area contributed by atoms with Gasteiger partial charge >= 0.3 is 6.18 Å². The molecule has 150 valence electrons. The van der Waals surface area contributed by atoms with Crippen molar-refractivity contribution in [3.05, 3.63) is 40.0 Å². The van der Waals surface area contributed by atoms with E-state index in [4.69, 9.17) is 0 Å². The summed E-state index contributed by atoms with van der Waals surface area (Å²) in [5.74, 6) is 1.33. The van der Waals surface area contributed by atoms with Crippen LogP contribution in [0.15, 0.2) is 28.7 Å². The zero-order valence-electron chi connectivity index (χ0n) is 15.2. The summed E-state index contributed by atoms with van der Waals surface area (Å²) in [7, 11) is 3.80. The van der Waals surface area contributed by atoms with Gasteiger partial charge in [0.25, 0.3) is 0 Å². The maximum Gasteiger partial charge on any atom is 0.434 e. The number of alkyl halides is 3. The maximum absolute atomic E-state index is 12.6. The highest BCUT2D eigenvalue weighted by atomic mass is 127. The van der Waals surface area contributed by atoms with Gasteiger partial charge in [0.2, 0.25) is 0 Å². The molecule has 2 rings (SSSR count). The molecule has 0 bridgehead atoms. The van der Waals surface area contributed by atoms with Crippen molar-refractivity contribution in [2.45, 2.75) is 26.2 Å². The lowest BCUT2D eigenvalue weighted by Crippen LogP contribution is -2.36. The lowest BCUT2D eigenvalue weighted by Gasteiger charge is -2.15. The van der Waals surface area contributed by atoms with Crippen LogP contribution in [0.5, 0.6) is 0 Å². The second kappa shape index (κ2) is 10.6. The minimum atomic E-state index is -4.42. The molecule has 0 amide bonds. The Labute approximate surface area is 177 Å². The largest absolute Gasteiger partial charge is 0.434 e. The van der Waals surface area contributed by atoms with Crippen LogP contribution in [0.3, 0.4) is 0 Å². The van der Waals surface area contributed by atoms with Gasteiger partial charge in [0.1, 0.15) is 10.8 Å². The fraction of sp³-hybridized carbons (Fsp3) is 0.438. The van der Waals surface area contributed by atoms with Crippen molar-refractivity contribution < 1.29 is 13.2 Å². The molecule has 0 fully saturated rings. The van der Waals surface area contributed by atoms with E-state index in [1.807, 2.05) is 38.1 Å². The Hall–Kier alpha value is -1.63. The average molecular weight is 514 g/mol. The first kappa shape index (κ1) is 23.4. The molecular weight excluding hydrogens is 492 g/mol. The molecule has 0 aliphatic rings. The Kier molecular flexibility index (Phi) is 9.22. The number of nitrogens with one attached hydrogen (secondary N) is 2. The Balaban J connectivity index is 0.00000364. The van der Waals surface area contributed by atoms with E-state index in [0.717, 1.165) is 28.1 Å². The summed E-state index contributed by atoms with van der Waals surface area (Å²) < 4.78 is 37.8. The summed E-state index contributed by atoms with van der Waals surface area (Å²) in [6, 6.07) is 3.78. The number of halogens is 4. The molecule has 0 radical (unpaired) electrons. The molecule has 0 atom stereocenters. The highest BCUT2D eigenvalue weighted by Gasteiger charge is 2.33. The molecule has 0 aromatic carbocycles. The number of aliphatic imine (C=N–C) groups is 1. The van der Waals surface area contributed by atoms with E-state index in [2.05, 4.69) is 25.6 Å². The van der Waals surface area contributed by atoms with Crippen LogP contribution in [0.1, 0.15) is 23.2 Å². The molecule has 0 saturated carbocycles. The fourth-order valence-corrected chi connectivity index (χ4v) is 2.88. The van der Waals surface area contributed by atoms with E-state index in [1.54, 1.807) is 6.20 Å². The lowest BCUT2D eigenvalue weighted by molar-refractivity contribution is -0.140. The van der Waals surface area contributed by atoms with Gasteiger partial charge in [-0.2, -0.15) is 13.2 Å². The van der Waals surface area contributed by atoms with Gasteiger partial charge in [-0.3, -0.25) is 0 Å². The third-order valence-corrected chi connectivity index (χ3v) is 4.14. The molecule has 0 aliphatic heterocycles. The van der Waals surface area contributed by atoms with Crippen LogP contribution < -0.4 is 15.5 Å². The minimum absolute atomic E-state index is 0. The summed E-state index contributed by atoms with van der Waals surface area (Å²) in [6.07, 6.45) is -2.71. The summed E-state index contributed by atoms with van der Waals surface area (Å²) in [5.41, 5.74) is 0.0792. The predicted molar refractivity (Wildman–Crippen MR) is 113 cm³/mol. The second-order valence-electron chi connectivity index (χ2n) is 5.55. The van der Waals surface area contributed by atoms with E-state index in [-0.39, 0.29) is 30.5 Å². The number of hydrogen-bond donors (Lipinski definition) is 2. The summed E-state index contributed by atoms with van der Waals surface area (Å²) in [4.78, 5) is 14.3. The van der Waals surface area contributed by atoms with Gasteiger partial charge in [-0.05, 0) is 13.0 Å².